The normalized spacial score (nSPS) is 12.4. The van der Waals surface area contributed by atoms with Gasteiger partial charge in [0.25, 0.3) is 0 Å². The number of halogens is 1. The number of aromatic nitrogens is 2. The standard InChI is InChI=1S/C14H15FN2O/c1-9-3-4-12(6-13(9)15)14-16-7-11(8-17-14)5-10(2)18/h3-4,6-8,10,18H,5H2,1-2H3. The van der Waals surface area contributed by atoms with Gasteiger partial charge in [-0.3, -0.25) is 0 Å². The van der Waals surface area contributed by atoms with Crippen LogP contribution in [0.25, 0.3) is 11.4 Å². The van der Waals surface area contributed by atoms with Crippen LogP contribution in [-0.2, 0) is 6.42 Å². The summed E-state index contributed by atoms with van der Waals surface area (Å²) in [6, 6.07) is 4.93. The minimum atomic E-state index is -0.420. The topological polar surface area (TPSA) is 46.0 Å². The molecule has 1 aromatic carbocycles. The molecule has 3 nitrogen and oxygen atoms in total. The molecule has 1 N–H and O–H groups in total. The van der Waals surface area contributed by atoms with E-state index in [0.717, 1.165) is 5.56 Å². The molecule has 0 aliphatic carbocycles. The molecule has 0 saturated heterocycles. The van der Waals surface area contributed by atoms with Crippen LogP contribution < -0.4 is 0 Å². The number of hydrogen-bond acceptors (Lipinski definition) is 3. The van der Waals surface area contributed by atoms with Crippen molar-refractivity contribution in [3.8, 4) is 11.4 Å². The molecule has 94 valence electrons. The van der Waals surface area contributed by atoms with Gasteiger partial charge in [0, 0.05) is 24.4 Å². The summed E-state index contributed by atoms with van der Waals surface area (Å²) in [6.07, 6.45) is 3.42. The van der Waals surface area contributed by atoms with Gasteiger partial charge in [-0.1, -0.05) is 12.1 Å². The summed E-state index contributed by atoms with van der Waals surface area (Å²) < 4.78 is 13.4. The number of aryl methyl sites for hydroxylation is 1. The Hall–Kier alpha value is -1.81. The molecule has 0 spiro atoms. The number of aliphatic hydroxyl groups excluding tert-OH is 1. The smallest absolute Gasteiger partial charge is 0.159 e. The van der Waals surface area contributed by atoms with Crippen LogP contribution in [0.3, 0.4) is 0 Å². The van der Waals surface area contributed by atoms with Crippen LogP contribution in [0.4, 0.5) is 4.39 Å². The van der Waals surface area contributed by atoms with Crippen molar-refractivity contribution in [2.24, 2.45) is 0 Å². The fourth-order valence-corrected chi connectivity index (χ4v) is 1.68. The lowest BCUT2D eigenvalue weighted by molar-refractivity contribution is 0.195. The Morgan fingerprint density at radius 3 is 2.50 bits per heavy atom. The van der Waals surface area contributed by atoms with E-state index in [1.54, 1.807) is 38.4 Å². The molecule has 0 fully saturated rings. The van der Waals surface area contributed by atoms with E-state index < -0.39 is 6.10 Å². The van der Waals surface area contributed by atoms with Gasteiger partial charge >= 0.3 is 0 Å². The zero-order valence-electron chi connectivity index (χ0n) is 10.4. The van der Waals surface area contributed by atoms with Crippen LogP contribution in [0.15, 0.2) is 30.6 Å². The number of nitrogens with zero attached hydrogens (tertiary/aromatic N) is 2. The second-order valence-electron chi connectivity index (χ2n) is 4.43. The number of rotatable bonds is 3. The second-order valence-corrected chi connectivity index (χ2v) is 4.43. The maximum Gasteiger partial charge on any atom is 0.159 e. The van der Waals surface area contributed by atoms with E-state index in [2.05, 4.69) is 9.97 Å². The summed E-state index contributed by atoms with van der Waals surface area (Å²) in [5.74, 6) is 0.229. The highest BCUT2D eigenvalue weighted by Gasteiger charge is 2.06. The first-order valence-corrected chi connectivity index (χ1v) is 5.82. The Morgan fingerprint density at radius 1 is 1.28 bits per heavy atom. The van der Waals surface area contributed by atoms with Crippen LogP contribution in [0.1, 0.15) is 18.1 Å². The van der Waals surface area contributed by atoms with Crippen molar-refractivity contribution in [2.75, 3.05) is 0 Å². The minimum absolute atomic E-state index is 0.260. The fourth-order valence-electron chi connectivity index (χ4n) is 1.68. The Kier molecular flexibility index (Phi) is 3.67. The predicted molar refractivity (Wildman–Crippen MR) is 67.5 cm³/mol. The molecular formula is C14H15FN2O. The lowest BCUT2D eigenvalue weighted by Gasteiger charge is -2.05. The SMILES string of the molecule is Cc1ccc(-c2ncc(CC(C)O)cn2)cc1F. The van der Waals surface area contributed by atoms with E-state index in [1.165, 1.54) is 6.07 Å². The van der Waals surface area contributed by atoms with Crippen molar-refractivity contribution in [3.63, 3.8) is 0 Å². The zero-order valence-corrected chi connectivity index (χ0v) is 10.4. The van der Waals surface area contributed by atoms with Crippen LogP contribution in [-0.4, -0.2) is 21.2 Å². The van der Waals surface area contributed by atoms with E-state index in [0.29, 0.717) is 23.4 Å². The molecule has 0 aliphatic heterocycles. The summed E-state index contributed by atoms with van der Waals surface area (Å²) in [7, 11) is 0. The van der Waals surface area contributed by atoms with Crippen LogP contribution >= 0.6 is 0 Å². The molecular weight excluding hydrogens is 231 g/mol. The van der Waals surface area contributed by atoms with E-state index in [4.69, 9.17) is 0 Å². The van der Waals surface area contributed by atoms with Gasteiger partial charge in [0.05, 0.1) is 6.10 Å². The molecule has 2 rings (SSSR count). The number of benzene rings is 1. The van der Waals surface area contributed by atoms with Crippen LogP contribution in [0, 0.1) is 12.7 Å². The molecule has 1 atom stereocenters. The third kappa shape index (κ3) is 2.90. The van der Waals surface area contributed by atoms with Gasteiger partial charge in [0.1, 0.15) is 5.82 Å². The van der Waals surface area contributed by atoms with Crippen molar-refractivity contribution in [2.45, 2.75) is 26.4 Å². The maximum atomic E-state index is 13.4. The Morgan fingerprint density at radius 2 is 1.94 bits per heavy atom. The summed E-state index contributed by atoms with van der Waals surface area (Å²) >= 11 is 0. The second kappa shape index (κ2) is 5.23. The highest BCUT2D eigenvalue weighted by molar-refractivity contribution is 5.55. The molecule has 18 heavy (non-hydrogen) atoms. The molecule has 0 amide bonds. The molecule has 4 heteroatoms. The van der Waals surface area contributed by atoms with Gasteiger partial charge in [0.15, 0.2) is 5.82 Å². The first kappa shape index (κ1) is 12.6. The quantitative estimate of drug-likeness (QED) is 0.905. The van der Waals surface area contributed by atoms with E-state index >= 15 is 0 Å². The fraction of sp³-hybridized carbons (Fsp3) is 0.286. The molecule has 0 saturated carbocycles. The molecule has 0 bridgehead atoms. The van der Waals surface area contributed by atoms with Crippen molar-refractivity contribution in [1.29, 1.82) is 0 Å². The highest BCUT2D eigenvalue weighted by Crippen LogP contribution is 2.18. The summed E-state index contributed by atoms with van der Waals surface area (Å²) in [5, 5.41) is 9.25. The lowest BCUT2D eigenvalue weighted by Crippen LogP contribution is -2.05. The van der Waals surface area contributed by atoms with Crippen molar-refractivity contribution in [1.82, 2.24) is 9.97 Å². The molecule has 0 aliphatic rings. The molecule has 0 radical (unpaired) electrons. The average Bonchev–Trinajstić information content (AvgIpc) is 2.33. The third-order valence-corrected chi connectivity index (χ3v) is 2.67. The zero-order chi connectivity index (χ0) is 13.1. The Bertz CT molecular complexity index is 538. The molecule has 1 aromatic heterocycles. The number of hydrogen-bond donors (Lipinski definition) is 1. The first-order chi connectivity index (χ1) is 8.56. The Balaban J connectivity index is 2.25. The van der Waals surface area contributed by atoms with Gasteiger partial charge in [-0.05, 0) is 31.0 Å². The molecule has 2 aromatic rings. The molecule has 1 heterocycles. The maximum absolute atomic E-state index is 13.4. The summed E-state index contributed by atoms with van der Waals surface area (Å²) in [6.45, 7) is 3.43. The minimum Gasteiger partial charge on any atom is -0.393 e. The Labute approximate surface area is 105 Å². The van der Waals surface area contributed by atoms with Gasteiger partial charge in [0.2, 0.25) is 0 Å². The van der Waals surface area contributed by atoms with E-state index in [-0.39, 0.29) is 5.82 Å². The summed E-state index contributed by atoms with van der Waals surface area (Å²) in [5.41, 5.74) is 2.12. The van der Waals surface area contributed by atoms with Gasteiger partial charge in [-0.25, -0.2) is 14.4 Å². The van der Waals surface area contributed by atoms with Crippen molar-refractivity contribution in [3.05, 3.63) is 47.5 Å². The van der Waals surface area contributed by atoms with E-state index in [1.807, 2.05) is 0 Å². The van der Waals surface area contributed by atoms with Crippen LogP contribution in [0.5, 0.6) is 0 Å². The third-order valence-electron chi connectivity index (χ3n) is 2.67. The van der Waals surface area contributed by atoms with Crippen molar-refractivity contribution < 1.29 is 9.50 Å². The van der Waals surface area contributed by atoms with Crippen molar-refractivity contribution >= 4 is 0 Å². The number of aliphatic hydroxyl groups is 1. The highest BCUT2D eigenvalue weighted by atomic mass is 19.1. The average molecular weight is 246 g/mol. The van der Waals surface area contributed by atoms with Gasteiger partial charge in [-0.2, -0.15) is 0 Å². The first-order valence-electron chi connectivity index (χ1n) is 5.82. The lowest BCUT2D eigenvalue weighted by atomic mass is 10.1. The van der Waals surface area contributed by atoms with E-state index in [9.17, 15) is 9.50 Å². The largest absolute Gasteiger partial charge is 0.393 e. The van der Waals surface area contributed by atoms with Gasteiger partial charge < -0.3 is 5.11 Å². The monoisotopic (exact) mass is 246 g/mol. The summed E-state index contributed by atoms with van der Waals surface area (Å²) in [4.78, 5) is 8.37. The molecule has 1 unspecified atom stereocenters. The van der Waals surface area contributed by atoms with Gasteiger partial charge in [-0.15, -0.1) is 0 Å². The predicted octanol–water partition coefficient (Wildman–Crippen LogP) is 2.51. The van der Waals surface area contributed by atoms with Crippen LogP contribution in [0.2, 0.25) is 0 Å².